The van der Waals surface area contributed by atoms with Crippen LogP contribution in [-0.4, -0.2) is 13.7 Å². The van der Waals surface area contributed by atoms with Gasteiger partial charge in [0.15, 0.2) is 0 Å². The average Bonchev–Trinajstić information content (AvgIpc) is 2.60. The van der Waals surface area contributed by atoms with Crippen molar-refractivity contribution in [2.75, 3.05) is 0 Å². The fraction of sp³-hybridized carbons (Fsp3) is 1.00. The molecule has 2 heteroatoms. The Morgan fingerprint density at radius 1 is 0.773 bits per heavy atom. The molecular weight excluding hydrogens is 288 g/mol. The number of hydrogen-bond donors (Lipinski definition) is 0. The normalized spacial score (nSPS) is 41.3. The quantitative estimate of drug-likeness (QED) is 0.565. The highest BCUT2D eigenvalue weighted by atomic mass is 32.2. The predicted molar refractivity (Wildman–Crippen MR) is 98.7 cm³/mol. The van der Waals surface area contributed by atoms with Crippen LogP contribution in [0, 0.1) is 11.8 Å². The van der Waals surface area contributed by atoms with Crippen molar-refractivity contribution >= 4 is 10.8 Å². The lowest BCUT2D eigenvalue weighted by molar-refractivity contribution is 0.219. The minimum Gasteiger partial charge on any atom is -0.258 e. The van der Waals surface area contributed by atoms with Crippen LogP contribution in [0.4, 0.5) is 0 Å². The van der Waals surface area contributed by atoms with Crippen molar-refractivity contribution in [1.29, 1.82) is 0 Å². The minimum absolute atomic E-state index is 0.119. The third-order valence-electron chi connectivity index (χ3n) is 7.21. The topological polar surface area (TPSA) is 17.1 Å². The summed E-state index contributed by atoms with van der Waals surface area (Å²) in [7, 11) is -0.670. The predicted octanol–water partition coefficient (Wildman–Crippen LogP) is 6.23. The summed E-state index contributed by atoms with van der Waals surface area (Å²) >= 11 is 0. The highest BCUT2D eigenvalue weighted by molar-refractivity contribution is 7.88. The largest absolute Gasteiger partial charge is 0.258 e. The van der Waals surface area contributed by atoms with E-state index in [1.807, 2.05) is 0 Å². The first-order valence-corrected chi connectivity index (χ1v) is 11.2. The molecule has 1 nitrogen and oxygen atoms in total. The van der Waals surface area contributed by atoms with Gasteiger partial charge in [-0.05, 0) is 50.4 Å². The van der Waals surface area contributed by atoms with Crippen molar-refractivity contribution in [2.24, 2.45) is 11.8 Å². The summed E-state index contributed by atoms with van der Waals surface area (Å²) in [6.45, 7) is 9.29. The maximum Gasteiger partial charge on any atom is 0.0490 e. The number of hydrogen-bond acceptors (Lipinski definition) is 1. The molecule has 0 saturated heterocycles. The van der Waals surface area contributed by atoms with Crippen LogP contribution in [0.5, 0.6) is 0 Å². The molecule has 0 aromatic rings. The molecule has 130 valence electrons. The van der Waals surface area contributed by atoms with E-state index in [4.69, 9.17) is 0 Å². The van der Waals surface area contributed by atoms with Gasteiger partial charge in [-0.15, -0.1) is 0 Å². The molecule has 0 heterocycles. The Kier molecular flexibility index (Phi) is 6.57. The molecule has 2 aliphatic rings. The Hall–Kier alpha value is 0.150. The molecule has 4 atom stereocenters. The lowest BCUT2D eigenvalue weighted by Crippen LogP contribution is -2.56. The molecule has 0 spiro atoms. The van der Waals surface area contributed by atoms with Gasteiger partial charge in [0.25, 0.3) is 0 Å². The van der Waals surface area contributed by atoms with Crippen molar-refractivity contribution in [2.45, 2.75) is 114 Å². The lowest BCUT2D eigenvalue weighted by Gasteiger charge is -2.52. The monoisotopic (exact) mass is 326 g/mol. The SMILES string of the molecule is CCC1CCCCC1(CC)S(=O)C1(CC)CCCCC1CC. The van der Waals surface area contributed by atoms with Gasteiger partial charge in [-0.3, -0.25) is 4.21 Å². The molecule has 2 rings (SSSR count). The molecule has 0 N–H and O–H groups in total. The van der Waals surface area contributed by atoms with E-state index < -0.39 is 10.8 Å². The molecule has 0 aromatic heterocycles. The summed E-state index contributed by atoms with van der Waals surface area (Å²) in [5.74, 6) is 1.38. The molecule has 0 aliphatic heterocycles. The van der Waals surface area contributed by atoms with E-state index in [1.165, 1.54) is 64.2 Å². The van der Waals surface area contributed by atoms with Crippen LogP contribution in [0.1, 0.15) is 105 Å². The summed E-state index contributed by atoms with van der Waals surface area (Å²) in [5, 5.41) is 0. The van der Waals surface area contributed by atoms with Crippen LogP contribution in [0.25, 0.3) is 0 Å². The third-order valence-corrected chi connectivity index (χ3v) is 10.3. The third kappa shape index (κ3) is 2.94. The molecule has 2 fully saturated rings. The summed E-state index contributed by atoms with van der Waals surface area (Å²) in [4.78, 5) is 0. The van der Waals surface area contributed by atoms with Gasteiger partial charge in [-0.1, -0.05) is 66.2 Å². The highest BCUT2D eigenvalue weighted by Crippen LogP contribution is 2.52. The fourth-order valence-electron chi connectivity index (χ4n) is 5.80. The second kappa shape index (κ2) is 7.81. The van der Waals surface area contributed by atoms with E-state index in [-0.39, 0.29) is 9.49 Å². The molecule has 2 saturated carbocycles. The van der Waals surface area contributed by atoms with Gasteiger partial charge < -0.3 is 0 Å². The Bertz CT molecular complexity index is 346. The van der Waals surface area contributed by atoms with E-state index in [0.29, 0.717) is 11.8 Å². The van der Waals surface area contributed by atoms with Gasteiger partial charge in [0.05, 0.1) is 0 Å². The van der Waals surface area contributed by atoms with Gasteiger partial charge in [0.2, 0.25) is 0 Å². The molecule has 0 bridgehead atoms. The first-order chi connectivity index (χ1) is 10.6. The van der Waals surface area contributed by atoms with Gasteiger partial charge in [-0.2, -0.15) is 0 Å². The van der Waals surface area contributed by atoms with Crippen molar-refractivity contribution in [3.05, 3.63) is 0 Å². The first-order valence-electron chi connectivity index (χ1n) is 10.0. The molecular formula is C20H38OS. The van der Waals surface area contributed by atoms with Crippen molar-refractivity contribution in [1.82, 2.24) is 0 Å². The fourth-order valence-corrected chi connectivity index (χ4v) is 8.97. The van der Waals surface area contributed by atoms with Crippen LogP contribution in [0.3, 0.4) is 0 Å². The van der Waals surface area contributed by atoms with Crippen LogP contribution in [0.2, 0.25) is 0 Å². The Morgan fingerprint density at radius 3 is 1.50 bits per heavy atom. The van der Waals surface area contributed by atoms with E-state index >= 15 is 0 Å². The van der Waals surface area contributed by atoms with Gasteiger partial charge in [0, 0.05) is 20.3 Å². The van der Waals surface area contributed by atoms with Crippen LogP contribution < -0.4 is 0 Å². The second-order valence-corrected chi connectivity index (χ2v) is 9.97. The standard InChI is InChI=1S/C20H38OS/c1-5-17-13-9-11-15-19(17,7-3)22(21)20(8-4)16-12-10-14-18(20)6-2/h17-18H,5-16H2,1-4H3. The van der Waals surface area contributed by atoms with Crippen molar-refractivity contribution in [3.8, 4) is 0 Å². The molecule has 22 heavy (non-hydrogen) atoms. The Balaban J connectivity index is 2.39. The zero-order valence-corrected chi connectivity index (χ0v) is 16.3. The maximum atomic E-state index is 14.1. The van der Waals surface area contributed by atoms with Gasteiger partial charge in [-0.25, -0.2) is 0 Å². The zero-order chi connectivity index (χ0) is 16.2. The molecule has 0 amide bonds. The van der Waals surface area contributed by atoms with E-state index in [0.717, 1.165) is 12.8 Å². The minimum atomic E-state index is -0.670. The van der Waals surface area contributed by atoms with Gasteiger partial charge in [0.1, 0.15) is 0 Å². The lowest BCUT2D eigenvalue weighted by atomic mass is 9.74. The second-order valence-electron chi connectivity index (χ2n) is 7.81. The summed E-state index contributed by atoms with van der Waals surface area (Å²) in [5.41, 5.74) is 0. The Labute approximate surface area is 141 Å². The smallest absolute Gasteiger partial charge is 0.0490 e. The van der Waals surface area contributed by atoms with Crippen molar-refractivity contribution in [3.63, 3.8) is 0 Å². The molecule has 0 radical (unpaired) electrons. The summed E-state index contributed by atoms with van der Waals surface area (Å²) in [6.07, 6.45) is 15.0. The zero-order valence-electron chi connectivity index (χ0n) is 15.5. The Morgan fingerprint density at radius 2 is 1.18 bits per heavy atom. The van der Waals surface area contributed by atoms with E-state index in [1.54, 1.807) is 0 Å². The highest BCUT2D eigenvalue weighted by Gasteiger charge is 2.54. The maximum absolute atomic E-state index is 14.1. The molecule has 0 aromatic carbocycles. The van der Waals surface area contributed by atoms with Crippen LogP contribution in [-0.2, 0) is 10.8 Å². The summed E-state index contributed by atoms with van der Waals surface area (Å²) in [6, 6.07) is 0. The van der Waals surface area contributed by atoms with E-state index in [9.17, 15) is 4.21 Å². The van der Waals surface area contributed by atoms with Gasteiger partial charge >= 0.3 is 0 Å². The van der Waals surface area contributed by atoms with Crippen LogP contribution in [0.15, 0.2) is 0 Å². The van der Waals surface area contributed by atoms with E-state index in [2.05, 4.69) is 27.7 Å². The first kappa shape index (κ1) is 18.5. The molecule has 4 unspecified atom stereocenters. The number of rotatable bonds is 6. The summed E-state index contributed by atoms with van der Waals surface area (Å²) < 4.78 is 14.3. The van der Waals surface area contributed by atoms with Crippen molar-refractivity contribution < 1.29 is 4.21 Å². The molecule has 2 aliphatic carbocycles. The average molecular weight is 327 g/mol. The van der Waals surface area contributed by atoms with Crippen LogP contribution >= 0.6 is 0 Å².